The number of unbranched alkanes of at least 4 members (excludes halogenated alkanes) is 1. The van der Waals surface area contributed by atoms with Crippen LogP contribution in [0, 0.1) is 5.92 Å². The van der Waals surface area contributed by atoms with Crippen LogP contribution in [0.1, 0.15) is 33.1 Å². The molecule has 0 aromatic carbocycles. The van der Waals surface area contributed by atoms with Crippen LogP contribution in [0.5, 0.6) is 0 Å². The highest BCUT2D eigenvalue weighted by Crippen LogP contribution is 2.12. The van der Waals surface area contributed by atoms with Crippen LogP contribution >= 0.6 is 0 Å². The Morgan fingerprint density at radius 1 is 1.44 bits per heavy atom. The van der Waals surface area contributed by atoms with Gasteiger partial charge in [0.1, 0.15) is 0 Å². The van der Waals surface area contributed by atoms with Gasteiger partial charge in [-0.05, 0) is 6.42 Å². The van der Waals surface area contributed by atoms with Gasteiger partial charge < -0.3 is 5.11 Å². The fourth-order valence-electron chi connectivity index (χ4n) is 1.17. The minimum Gasteiger partial charge on any atom is -0.393 e. The van der Waals surface area contributed by atoms with Crippen LogP contribution < -0.4 is 0 Å². The van der Waals surface area contributed by atoms with E-state index >= 15 is 0 Å². The summed E-state index contributed by atoms with van der Waals surface area (Å²) in [6, 6.07) is 0. The van der Waals surface area contributed by atoms with E-state index in [9.17, 15) is 13.5 Å². The minimum atomic E-state index is -3.18. The average molecular weight is 249 g/mol. The third kappa shape index (κ3) is 6.12. The lowest BCUT2D eigenvalue weighted by molar-refractivity contribution is 0.125. The van der Waals surface area contributed by atoms with Crippen LogP contribution in [0.2, 0.25) is 0 Å². The molecule has 0 aliphatic carbocycles. The highest BCUT2D eigenvalue weighted by molar-refractivity contribution is 7.88. The van der Waals surface area contributed by atoms with E-state index in [2.05, 4.69) is 6.92 Å². The predicted octanol–water partition coefficient (Wildman–Crippen LogP) is 1.58. The van der Waals surface area contributed by atoms with Gasteiger partial charge in [0.15, 0.2) is 0 Å². The molecule has 0 radical (unpaired) electrons. The van der Waals surface area contributed by atoms with Crippen LogP contribution in [0.4, 0.5) is 0 Å². The van der Waals surface area contributed by atoms with Crippen LogP contribution in [-0.4, -0.2) is 37.2 Å². The first-order valence-electron chi connectivity index (χ1n) is 5.58. The molecule has 4 nitrogen and oxygen atoms in total. The summed E-state index contributed by atoms with van der Waals surface area (Å²) in [5.74, 6) is -0.0317. The zero-order chi connectivity index (χ0) is 12.8. The molecule has 0 bridgehead atoms. The third-order valence-electron chi connectivity index (χ3n) is 2.58. The molecule has 0 fully saturated rings. The molecule has 0 spiro atoms. The molecule has 0 amide bonds. The first-order chi connectivity index (χ1) is 7.29. The number of nitrogens with zero attached hydrogens (tertiary/aromatic N) is 1. The monoisotopic (exact) mass is 249 g/mol. The van der Waals surface area contributed by atoms with Crippen molar-refractivity contribution in [1.82, 2.24) is 4.31 Å². The second-order valence-electron chi connectivity index (χ2n) is 4.19. The number of aliphatic hydroxyl groups is 1. The first-order valence-corrected chi connectivity index (χ1v) is 7.43. The fraction of sp³-hybridized carbons (Fsp3) is 0.818. The van der Waals surface area contributed by atoms with Gasteiger partial charge in [-0.25, -0.2) is 8.42 Å². The van der Waals surface area contributed by atoms with Crippen molar-refractivity contribution >= 4 is 10.0 Å². The highest BCUT2D eigenvalue weighted by atomic mass is 32.2. The number of rotatable bonds is 7. The third-order valence-corrected chi connectivity index (χ3v) is 3.75. The van der Waals surface area contributed by atoms with Crippen molar-refractivity contribution in [3.63, 3.8) is 0 Å². The molecule has 0 aliphatic heterocycles. The van der Waals surface area contributed by atoms with E-state index in [4.69, 9.17) is 0 Å². The van der Waals surface area contributed by atoms with Crippen molar-refractivity contribution in [1.29, 1.82) is 0 Å². The van der Waals surface area contributed by atoms with Crippen molar-refractivity contribution in [3.8, 4) is 0 Å². The number of sulfonamides is 1. The lowest BCUT2D eigenvalue weighted by Crippen LogP contribution is -2.21. The zero-order valence-corrected chi connectivity index (χ0v) is 11.4. The highest BCUT2D eigenvalue weighted by Gasteiger charge is 2.11. The maximum atomic E-state index is 11.1. The lowest BCUT2D eigenvalue weighted by atomic mass is 10.00. The van der Waals surface area contributed by atoms with Gasteiger partial charge in [0.25, 0.3) is 0 Å². The predicted molar refractivity (Wildman–Crippen MR) is 66.4 cm³/mol. The van der Waals surface area contributed by atoms with Gasteiger partial charge in [0.2, 0.25) is 10.0 Å². The topological polar surface area (TPSA) is 57.6 Å². The minimum absolute atomic E-state index is 0.0317. The maximum absolute atomic E-state index is 11.1. The second-order valence-corrected chi connectivity index (χ2v) is 6.23. The summed E-state index contributed by atoms with van der Waals surface area (Å²) in [7, 11) is -1.69. The molecule has 0 aromatic heterocycles. The zero-order valence-electron chi connectivity index (χ0n) is 10.5. The molecular weight excluding hydrogens is 226 g/mol. The first kappa shape index (κ1) is 15.4. The average Bonchev–Trinajstić information content (AvgIpc) is 2.20. The molecule has 0 saturated carbocycles. The Balaban J connectivity index is 4.22. The number of hydrogen-bond acceptors (Lipinski definition) is 3. The van der Waals surface area contributed by atoms with Crippen LogP contribution in [0.15, 0.2) is 12.3 Å². The molecule has 0 aromatic rings. The SMILES string of the molecule is CCCC[C@H](O)[C@H](C)/C=C\N(C)S(C)(=O)=O. The Bertz CT molecular complexity index is 311. The van der Waals surface area contributed by atoms with E-state index in [1.54, 1.807) is 6.08 Å². The summed E-state index contributed by atoms with van der Waals surface area (Å²) in [5, 5.41) is 9.75. The Kier molecular flexibility index (Phi) is 6.67. The van der Waals surface area contributed by atoms with Gasteiger partial charge in [-0.3, -0.25) is 4.31 Å². The Hall–Kier alpha value is -0.550. The summed E-state index contributed by atoms with van der Waals surface area (Å²) in [4.78, 5) is 0. The Morgan fingerprint density at radius 2 is 2.00 bits per heavy atom. The van der Waals surface area contributed by atoms with E-state index < -0.39 is 16.1 Å². The number of aliphatic hydroxyl groups excluding tert-OH is 1. The summed E-state index contributed by atoms with van der Waals surface area (Å²) in [6.07, 6.45) is 6.76. The molecule has 2 atom stereocenters. The van der Waals surface area contributed by atoms with Crippen LogP contribution in [-0.2, 0) is 10.0 Å². The van der Waals surface area contributed by atoms with Crippen molar-refractivity contribution in [2.75, 3.05) is 13.3 Å². The molecule has 0 unspecified atom stereocenters. The maximum Gasteiger partial charge on any atom is 0.231 e. The van der Waals surface area contributed by atoms with E-state index in [0.717, 1.165) is 29.8 Å². The van der Waals surface area contributed by atoms with E-state index in [0.29, 0.717) is 0 Å². The standard InChI is InChI=1S/C11H23NO3S/c1-5-6-7-11(13)10(2)8-9-12(3)16(4,14)15/h8-11,13H,5-7H2,1-4H3/b9-8-/t10-,11+/m1/s1. The lowest BCUT2D eigenvalue weighted by Gasteiger charge is -2.16. The summed E-state index contributed by atoms with van der Waals surface area (Å²) >= 11 is 0. The molecule has 0 aliphatic rings. The normalized spacial score (nSPS) is 16.3. The Labute approximate surface area is 99.0 Å². The van der Waals surface area contributed by atoms with Crippen molar-refractivity contribution < 1.29 is 13.5 Å². The smallest absolute Gasteiger partial charge is 0.231 e. The molecule has 1 N–H and O–H groups in total. The fourth-order valence-corrected chi connectivity index (χ4v) is 1.46. The van der Waals surface area contributed by atoms with Gasteiger partial charge >= 0.3 is 0 Å². The second kappa shape index (κ2) is 6.91. The Morgan fingerprint density at radius 3 is 2.44 bits per heavy atom. The quantitative estimate of drug-likeness (QED) is 0.745. The summed E-state index contributed by atoms with van der Waals surface area (Å²) < 4.78 is 23.3. The van der Waals surface area contributed by atoms with Gasteiger partial charge in [0.05, 0.1) is 12.4 Å². The van der Waals surface area contributed by atoms with Gasteiger partial charge in [-0.15, -0.1) is 0 Å². The molecular formula is C11H23NO3S. The molecule has 16 heavy (non-hydrogen) atoms. The number of hydrogen-bond donors (Lipinski definition) is 1. The molecule has 5 heteroatoms. The van der Waals surface area contributed by atoms with E-state index in [-0.39, 0.29) is 5.92 Å². The van der Waals surface area contributed by atoms with Crippen molar-refractivity contribution in [2.24, 2.45) is 5.92 Å². The van der Waals surface area contributed by atoms with Gasteiger partial charge in [0, 0.05) is 19.2 Å². The molecule has 0 heterocycles. The van der Waals surface area contributed by atoms with Gasteiger partial charge in [-0.2, -0.15) is 0 Å². The largest absolute Gasteiger partial charge is 0.393 e. The van der Waals surface area contributed by atoms with E-state index in [1.165, 1.54) is 13.2 Å². The van der Waals surface area contributed by atoms with Crippen molar-refractivity contribution in [2.45, 2.75) is 39.2 Å². The molecule has 0 rings (SSSR count). The summed E-state index contributed by atoms with van der Waals surface area (Å²) in [6.45, 7) is 3.96. The van der Waals surface area contributed by atoms with Crippen molar-refractivity contribution in [3.05, 3.63) is 12.3 Å². The van der Waals surface area contributed by atoms with E-state index in [1.807, 2.05) is 6.92 Å². The van der Waals surface area contributed by atoms with Gasteiger partial charge in [-0.1, -0.05) is 32.8 Å². The van der Waals surface area contributed by atoms with Crippen LogP contribution in [0.25, 0.3) is 0 Å². The van der Waals surface area contributed by atoms with Crippen LogP contribution in [0.3, 0.4) is 0 Å². The molecule has 0 saturated heterocycles. The molecule has 96 valence electrons. The summed E-state index contributed by atoms with van der Waals surface area (Å²) in [5.41, 5.74) is 0.